The summed E-state index contributed by atoms with van der Waals surface area (Å²) in [4.78, 5) is 19.0. The van der Waals surface area contributed by atoms with Crippen molar-refractivity contribution in [2.24, 2.45) is 10.9 Å². The van der Waals surface area contributed by atoms with Crippen LogP contribution in [-0.4, -0.2) is 23.4 Å². The molecule has 2 aromatic carbocycles. The van der Waals surface area contributed by atoms with Crippen LogP contribution in [0.3, 0.4) is 0 Å². The molecule has 1 unspecified atom stereocenters. The lowest BCUT2D eigenvalue weighted by Crippen LogP contribution is -2.44. The van der Waals surface area contributed by atoms with Gasteiger partial charge in [-0.2, -0.15) is 5.26 Å². The molecular formula is C29H32N4O3. The molecule has 1 aliphatic carbocycles. The van der Waals surface area contributed by atoms with Crippen LogP contribution in [-0.2, 0) is 13.0 Å². The van der Waals surface area contributed by atoms with Crippen molar-refractivity contribution in [3.05, 3.63) is 68.6 Å². The molecule has 0 amide bonds. The van der Waals surface area contributed by atoms with Crippen LogP contribution in [0.1, 0.15) is 47.6 Å². The molecule has 0 radical (unpaired) electrons. The molecule has 0 N–H and O–H groups in total. The van der Waals surface area contributed by atoms with Crippen molar-refractivity contribution in [2.45, 2.75) is 59.0 Å². The van der Waals surface area contributed by atoms with E-state index in [1.807, 2.05) is 32.0 Å². The topological polar surface area (TPSA) is 81.5 Å². The highest BCUT2D eigenvalue weighted by Crippen LogP contribution is 2.38. The first-order chi connectivity index (χ1) is 17.3. The molecule has 1 saturated carbocycles. The summed E-state index contributed by atoms with van der Waals surface area (Å²) in [6.07, 6.45) is 3.59. The first kappa shape index (κ1) is 23.9. The molecule has 0 saturated heterocycles. The van der Waals surface area contributed by atoms with Crippen LogP contribution in [0.2, 0.25) is 0 Å². The summed E-state index contributed by atoms with van der Waals surface area (Å²) in [5.41, 5.74) is 7.20. The maximum absolute atomic E-state index is 14.0. The Kier molecular flexibility index (Phi) is 6.21. The Morgan fingerprint density at radius 2 is 1.72 bits per heavy atom. The maximum atomic E-state index is 14.0. The number of methoxy groups -OCH3 is 2. The highest BCUT2D eigenvalue weighted by molar-refractivity contribution is 5.70. The van der Waals surface area contributed by atoms with Gasteiger partial charge in [-0.05, 0) is 68.4 Å². The van der Waals surface area contributed by atoms with Crippen molar-refractivity contribution >= 4 is 5.69 Å². The summed E-state index contributed by atoms with van der Waals surface area (Å²) < 4.78 is 14.5. The molecule has 0 spiro atoms. The van der Waals surface area contributed by atoms with Crippen LogP contribution < -0.4 is 20.7 Å². The molecule has 7 heteroatoms. The van der Waals surface area contributed by atoms with Gasteiger partial charge in [-0.3, -0.25) is 9.13 Å². The van der Waals surface area contributed by atoms with Crippen LogP contribution in [0.15, 0.2) is 40.1 Å². The average molecular weight is 485 g/mol. The Morgan fingerprint density at radius 1 is 1.06 bits per heavy atom. The highest BCUT2D eigenvalue weighted by Gasteiger charge is 2.29. The van der Waals surface area contributed by atoms with Crippen LogP contribution in [0.25, 0.3) is 11.3 Å². The number of hydrogen-bond acceptors (Lipinski definition) is 5. The Balaban J connectivity index is 1.81. The largest absolute Gasteiger partial charge is 0.493 e. The fourth-order valence-corrected chi connectivity index (χ4v) is 5.37. The van der Waals surface area contributed by atoms with Gasteiger partial charge >= 0.3 is 5.69 Å². The first-order valence-corrected chi connectivity index (χ1v) is 12.5. The van der Waals surface area contributed by atoms with Crippen LogP contribution in [0.5, 0.6) is 11.5 Å². The molecule has 3 aromatic rings. The van der Waals surface area contributed by atoms with E-state index in [9.17, 15) is 10.1 Å². The smallest absolute Gasteiger partial charge is 0.331 e. The third-order valence-corrected chi connectivity index (χ3v) is 7.31. The standard InChI is InChI=1S/C29H32N4O3/c1-17-10-18(2)28(19(3)11-17)31-27-15-24-23-14-26(36-5)25(35-4)13-21(23)8-9-32(24)29(34)33(27)22(16-30)12-20-6-7-20/h10-11,13-15,20,22H,6-9,12H2,1-5H3. The minimum Gasteiger partial charge on any atom is -0.493 e. The van der Waals surface area contributed by atoms with E-state index in [-0.39, 0.29) is 5.69 Å². The molecule has 1 aliphatic heterocycles. The van der Waals surface area contributed by atoms with E-state index in [4.69, 9.17) is 14.5 Å². The third kappa shape index (κ3) is 4.21. The monoisotopic (exact) mass is 484 g/mol. The zero-order valence-corrected chi connectivity index (χ0v) is 21.6. The number of benzene rings is 2. The van der Waals surface area contributed by atoms with Gasteiger partial charge in [0.25, 0.3) is 0 Å². The predicted octanol–water partition coefficient (Wildman–Crippen LogP) is 4.91. The maximum Gasteiger partial charge on any atom is 0.331 e. The molecule has 0 bridgehead atoms. The van der Waals surface area contributed by atoms with Crippen LogP contribution >= 0.6 is 0 Å². The van der Waals surface area contributed by atoms with Gasteiger partial charge in [-0.15, -0.1) is 0 Å². The second-order valence-corrected chi connectivity index (χ2v) is 9.99. The quantitative estimate of drug-likeness (QED) is 0.498. The van der Waals surface area contributed by atoms with Crippen molar-refractivity contribution in [2.75, 3.05) is 14.2 Å². The van der Waals surface area contributed by atoms with Gasteiger partial charge in [0.15, 0.2) is 11.5 Å². The van der Waals surface area contributed by atoms with Crippen molar-refractivity contribution < 1.29 is 9.47 Å². The SMILES string of the molecule is COc1cc2c(cc1OC)-c1cc(=Nc3c(C)cc(C)cc3C)n(C(C#N)CC3CC3)c(=O)n1CC2. The number of nitrogens with zero attached hydrogens (tertiary/aromatic N) is 4. The number of fused-ring (bicyclic) bond motifs is 3. The molecule has 2 heterocycles. The van der Waals surface area contributed by atoms with E-state index in [2.05, 4.69) is 25.1 Å². The number of aryl methyl sites for hydroxylation is 4. The van der Waals surface area contributed by atoms with E-state index in [0.29, 0.717) is 42.3 Å². The van der Waals surface area contributed by atoms with Gasteiger partial charge in [-0.25, -0.2) is 9.79 Å². The Bertz CT molecular complexity index is 1500. The van der Waals surface area contributed by atoms with Crippen molar-refractivity contribution in [3.63, 3.8) is 0 Å². The van der Waals surface area contributed by atoms with E-state index < -0.39 is 6.04 Å². The molecule has 7 nitrogen and oxygen atoms in total. The Hall–Kier alpha value is -3.79. The first-order valence-electron chi connectivity index (χ1n) is 12.5. The number of ether oxygens (including phenoxy) is 2. The summed E-state index contributed by atoms with van der Waals surface area (Å²) in [7, 11) is 3.23. The van der Waals surface area contributed by atoms with Crippen molar-refractivity contribution in [1.82, 2.24) is 9.13 Å². The molecule has 1 atom stereocenters. The lowest BCUT2D eigenvalue weighted by atomic mass is 9.96. The fourth-order valence-electron chi connectivity index (χ4n) is 5.37. The Labute approximate surface area is 211 Å². The normalized spacial score (nSPS) is 15.6. The number of nitriles is 1. The lowest BCUT2D eigenvalue weighted by molar-refractivity contribution is 0.354. The summed E-state index contributed by atoms with van der Waals surface area (Å²) in [6, 6.07) is 11.9. The zero-order chi connectivity index (χ0) is 25.6. The average Bonchev–Trinajstić information content (AvgIpc) is 3.68. The number of hydrogen-bond donors (Lipinski definition) is 0. The lowest BCUT2D eigenvalue weighted by Gasteiger charge is -2.25. The number of rotatable bonds is 6. The second-order valence-electron chi connectivity index (χ2n) is 9.99. The zero-order valence-electron chi connectivity index (χ0n) is 21.6. The summed E-state index contributed by atoms with van der Waals surface area (Å²) in [5.74, 6) is 1.78. The van der Waals surface area contributed by atoms with Gasteiger partial charge in [0.2, 0.25) is 0 Å². The highest BCUT2D eigenvalue weighted by atomic mass is 16.5. The second kappa shape index (κ2) is 9.34. The molecule has 2 aliphatic rings. The molecule has 186 valence electrons. The summed E-state index contributed by atoms with van der Waals surface area (Å²) in [6.45, 7) is 6.66. The molecule has 5 rings (SSSR count). The molecule has 1 fully saturated rings. The van der Waals surface area contributed by atoms with E-state index in [1.54, 1.807) is 23.4 Å². The minimum atomic E-state index is -0.556. The van der Waals surface area contributed by atoms with Gasteiger partial charge in [-0.1, -0.05) is 30.5 Å². The van der Waals surface area contributed by atoms with E-state index >= 15 is 0 Å². The third-order valence-electron chi connectivity index (χ3n) is 7.31. The van der Waals surface area contributed by atoms with Gasteiger partial charge in [0, 0.05) is 18.2 Å². The van der Waals surface area contributed by atoms with Crippen molar-refractivity contribution in [1.29, 1.82) is 5.26 Å². The molecular weight excluding hydrogens is 452 g/mol. The van der Waals surface area contributed by atoms with Crippen LogP contribution in [0, 0.1) is 38.0 Å². The summed E-state index contributed by atoms with van der Waals surface area (Å²) in [5, 5.41) is 10.1. The van der Waals surface area contributed by atoms with Crippen molar-refractivity contribution in [3.8, 4) is 28.8 Å². The minimum absolute atomic E-state index is 0.193. The molecule has 36 heavy (non-hydrogen) atoms. The Morgan fingerprint density at radius 3 is 2.33 bits per heavy atom. The van der Waals surface area contributed by atoms with E-state index in [0.717, 1.165) is 46.5 Å². The van der Waals surface area contributed by atoms with Crippen LogP contribution in [0.4, 0.5) is 5.69 Å². The number of aromatic nitrogens is 2. The predicted molar refractivity (Wildman–Crippen MR) is 139 cm³/mol. The van der Waals surface area contributed by atoms with Gasteiger partial charge < -0.3 is 9.47 Å². The fraction of sp³-hybridized carbons (Fsp3) is 0.414. The van der Waals surface area contributed by atoms with E-state index in [1.165, 1.54) is 5.56 Å². The van der Waals surface area contributed by atoms with Gasteiger partial charge in [0.1, 0.15) is 11.5 Å². The molecule has 1 aromatic heterocycles. The summed E-state index contributed by atoms with van der Waals surface area (Å²) >= 11 is 0. The van der Waals surface area contributed by atoms with Gasteiger partial charge in [0.05, 0.1) is 31.7 Å².